The van der Waals surface area contributed by atoms with Gasteiger partial charge in [0.15, 0.2) is 0 Å². The first-order valence-corrected chi connectivity index (χ1v) is 7.67. The number of aryl methyl sites for hydroxylation is 1. The highest BCUT2D eigenvalue weighted by Gasteiger charge is 2.14. The van der Waals surface area contributed by atoms with Gasteiger partial charge in [0.2, 0.25) is 0 Å². The van der Waals surface area contributed by atoms with E-state index in [2.05, 4.69) is 36.5 Å². The molecule has 4 heteroatoms. The van der Waals surface area contributed by atoms with Gasteiger partial charge in [0.25, 0.3) is 0 Å². The lowest BCUT2D eigenvalue weighted by molar-refractivity contribution is 0.149. The Hall–Kier alpha value is -0.450. The van der Waals surface area contributed by atoms with Gasteiger partial charge in [-0.25, -0.2) is 4.98 Å². The largest absolute Gasteiger partial charge is 0.384 e. The highest BCUT2D eigenvalue weighted by molar-refractivity contribution is 7.09. The van der Waals surface area contributed by atoms with E-state index in [9.17, 15) is 0 Å². The van der Waals surface area contributed by atoms with Crippen molar-refractivity contribution >= 4 is 11.3 Å². The normalized spacial score (nSPS) is 14.7. The smallest absolute Gasteiger partial charge is 0.0943 e. The summed E-state index contributed by atoms with van der Waals surface area (Å²) in [6, 6.07) is 0.514. The Morgan fingerprint density at radius 2 is 2.28 bits per heavy atom. The van der Waals surface area contributed by atoms with Crippen LogP contribution in [0.5, 0.6) is 0 Å². The van der Waals surface area contributed by atoms with Crippen molar-refractivity contribution in [2.75, 3.05) is 20.3 Å². The van der Waals surface area contributed by atoms with Gasteiger partial charge in [0, 0.05) is 37.3 Å². The van der Waals surface area contributed by atoms with E-state index in [1.807, 2.05) is 0 Å². The topological polar surface area (TPSA) is 34.2 Å². The molecule has 1 aromatic heterocycles. The van der Waals surface area contributed by atoms with E-state index in [1.54, 1.807) is 18.4 Å². The van der Waals surface area contributed by atoms with E-state index in [0.29, 0.717) is 12.0 Å². The molecule has 0 saturated heterocycles. The van der Waals surface area contributed by atoms with E-state index in [1.165, 1.54) is 11.4 Å². The zero-order chi connectivity index (χ0) is 13.4. The van der Waals surface area contributed by atoms with Crippen molar-refractivity contribution < 1.29 is 4.74 Å². The first-order chi connectivity index (χ1) is 8.65. The van der Waals surface area contributed by atoms with Crippen LogP contribution in [0.4, 0.5) is 0 Å². The molecule has 1 N–H and O–H groups in total. The third-order valence-electron chi connectivity index (χ3n) is 2.91. The summed E-state index contributed by atoms with van der Waals surface area (Å²) in [4.78, 5) is 4.56. The fraction of sp³-hybridized carbons (Fsp3) is 0.786. The molecule has 1 heterocycles. The molecule has 1 aromatic rings. The van der Waals surface area contributed by atoms with Crippen molar-refractivity contribution in [2.45, 2.75) is 46.1 Å². The number of rotatable bonds is 9. The number of thiazole rings is 1. The summed E-state index contributed by atoms with van der Waals surface area (Å²) in [5.74, 6) is 0.588. The monoisotopic (exact) mass is 270 g/mol. The molecule has 0 fully saturated rings. The molecule has 0 bridgehead atoms. The zero-order valence-corrected chi connectivity index (χ0v) is 12.8. The molecule has 0 amide bonds. The van der Waals surface area contributed by atoms with Gasteiger partial charge in [-0.05, 0) is 32.2 Å². The molecule has 2 unspecified atom stereocenters. The van der Waals surface area contributed by atoms with Crippen LogP contribution in [0.25, 0.3) is 0 Å². The molecular formula is C14H26N2OS. The van der Waals surface area contributed by atoms with E-state index in [-0.39, 0.29) is 0 Å². The first kappa shape index (κ1) is 15.6. The van der Waals surface area contributed by atoms with Crippen molar-refractivity contribution in [1.29, 1.82) is 0 Å². The van der Waals surface area contributed by atoms with E-state index >= 15 is 0 Å². The maximum atomic E-state index is 5.22. The zero-order valence-electron chi connectivity index (χ0n) is 12.0. The van der Waals surface area contributed by atoms with Gasteiger partial charge in [-0.15, -0.1) is 11.3 Å². The van der Waals surface area contributed by atoms with Crippen molar-refractivity contribution in [1.82, 2.24) is 10.3 Å². The van der Waals surface area contributed by atoms with Gasteiger partial charge in [0.05, 0.1) is 5.01 Å². The molecule has 0 aromatic carbocycles. The van der Waals surface area contributed by atoms with Crippen molar-refractivity contribution in [3.63, 3.8) is 0 Å². The fourth-order valence-corrected chi connectivity index (χ4v) is 2.99. The van der Waals surface area contributed by atoms with Gasteiger partial charge in [0.1, 0.15) is 0 Å². The molecule has 0 aliphatic carbocycles. The highest BCUT2D eigenvalue weighted by atomic mass is 32.1. The minimum absolute atomic E-state index is 0.514. The lowest BCUT2D eigenvalue weighted by atomic mass is 10.00. The van der Waals surface area contributed by atoms with Crippen LogP contribution in [0.2, 0.25) is 0 Å². The molecule has 3 nitrogen and oxygen atoms in total. The molecule has 2 atom stereocenters. The molecule has 18 heavy (non-hydrogen) atoms. The van der Waals surface area contributed by atoms with E-state index in [0.717, 1.165) is 31.7 Å². The third-order valence-corrected chi connectivity index (χ3v) is 3.90. The number of ether oxygens (including phenoxy) is 1. The molecule has 0 aliphatic rings. The van der Waals surface area contributed by atoms with Crippen LogP contribution in [-0.2, 0) is 11.2 Å². The SMILES string of the molecule is CCCNC(Cc1nc(C)cs1)CC(C)COC. The Balaban J connectivity index is 2.48. The van der Waals surface area contributed by atoms with Gasteiger partial charge in [-0.1, -0.05) is 13.8 Å². The summed E-state index contributed by atoms with van der Waals surface area (Å²) < 4.78 is 5.22. The van der Waals surface area contributed by atoms with Crippen LogP contribution in [0.15, 0.2) is 5.38 Å². The van der Waals surface area contributed by atoms with Gasteiger partial charge < -0.3 is 10.1 Å². The molecule has 0 aliphatic heterocycles. The average molecular weight is 270 g/mol. The first-order valence-electron chi connectivity index (χ1n) is 6.79. The standard InChI is InChI=1S/C14H26N2OS/c1-5-6-15-13(7-11(2)9-17-4)8-14-16-12(3)10-18-14/h10-11,13,15H,5-9H2,1-4H3. The number of hydrogen-bond donors (Lipinski definition) is 1. The maximum absolute atomic E-state index is 5.22. The summed E-state index contributed by atoms with van der Waals surface area (Å²) in [7, 11) is 1.77. The molecule has 0 saturated carbocycles. The summed E-state index contributed by atoms with van der Waals surface area (Å²) in [5.41, 5.74) is 1.13. The number of hydrogen-bond acceptors (Lipinski definition) is 4. The summed E-state index contributed by atoms with van der Waals surface area (Å²) in [6.45, 7) is 8.42. The Bertz CT molecular complexity index is 327. The number of nitrogens with zero attached hydrogens (tertiary/aromatic N) is 1. The fourth-order valence-electron chi connectivity index (χ4n) is 2.13. The molecule has 0 spiro atoms. The van der Waals surface area contributed by atoms with Crippen LogP contribution in [0.3, 0.4) is 0 Å². The summed E-state index contributed by atoms with van der Waals surface area (Å²) in [6.07, 6.45) is 3.35. The number of aromatic nitrogens is 1. The molecular weight excluding hydrogens is 244 g/mol. The lowest BCUT2D eigenvalue weighted by Crippen LogP contribution is -2.34. The van der Waals surface area contributed by atoms with Crippen LogP contribution >= 0.6 is 11.3 Å². The molecule has 1 rings (SSSR count). The second kappa shape index (κ2) is 8.62. The van der Waals surface area contributed by atoms with Gasteiger partial charge >= 0.3 is 0 Å². The predicted octanol–water partition coefficient (Wildman–Crippen LogP) is 3.03. The quantitative estimate of drug-likeness (QED) is 0.749. The van der Waals surface area contributed by atoms with Gasteiger partial charge in [-0.2, -0.15) is 0 Å². The Morgan fingerprint density at radius 3 is 2.83 bits per heavy atom. The summed E-state index contributed by atoms with van der Waals surface area (Å²) >= 11 is 1.77. The minimum atomic E-state index is 0.514. The Labute approximate surface area is 115 Å². The number of nitrogens with one attached hydrogen (secondary N) is 1. The van der Waals surface area contributed by atoms with Crippen molar-refractivity contribution in [2.24, 2.45) is 5.92 Å². The van der Waals surface area contributed by atoms with Crippen LogP contribution in [0.1, 0.15) is 37.4 Å². The van der Waals surface area contributed by atoms with Crippen LogP contribution in [-0.4, -0.2) is 31.3 Å². The van der Waals surface area contributed by atoms with Crippen molar-refractivity contribution in [3.05, 3.63) is 16.1 Å². The summed E-state index contributed by atoms with van der Waals surface area (Å²) in [5, 5.41) is 7.00. The highest BCUT2D eigenvalue weighted by Crippen LogP contribution is 2.15. The predicted molar refractivity (Wildman–Crippen MR) is 78.3 cm³/mol. The Kier molecular flexibility index (Phi) is 7.47. The third kappa shape index (κ3) is 5.94. The van der Waals surface area contributed by atoms with Gasteiger partial charge in [-0.3, -0.25) is 0 Å². The minimum Gasteiger partial charge on any atom is -0.384 e. The molecule has 0 radical (unpaired) electrons. The van der Waals surface area contributed by atoms with Crippen molar-refractivity contribution in [3.8, 4) is 0 Å². The second-order valence-electron chi connectivity index (χ2n) is 5.03. The molecule has 104 valence electrons. The maximum Gasteiger partial charge on any atom is 0.0943 e. The lowest BCUT2D eigenvalue weighted by Gasteiger charge is -2.21. The van der Waals surface area contributed by atoms with Crippen LogP contribution in [0, 0.1) is 12.8 Å². The van der Waals surface area contributed by atoms with E-state index in [4.69, 9.17) is 4.74 Å². The Morgan fingerprint density at radius 1 is 1.50 bits per heavy atom. The number of methoxy groups -OCH3 is 1. The second-order valence-corrected chi connectivity index (χ2v) is 5.98. The van der Waals surface area contributed by atoms with E-state index < -0.39 is 0 Å². The van der Waals surface area contributed by atoms with Crippen LogP contribution < -0.4 is 5.32 Å². The average Bonchev–Trinajstić information content (AvgIpc) is 2.72.